The molecule has 9 nitrogen and oxygen atoms in total. The van der Waals surface area contributed by atoms with E-state index >= 15 is 0 Å². The Labute approximate surface area is 259 Å². The third-order valence-corrected chi connectivity index (χ3v) is 7.70. The first-order valence-corrected chi connectivity index (χ1v) is 14.9. The maximum atomic E-state index is 13.9. The molecule has 0 saturated heterocycles. The van der Waals surface area contributed by atoms with E-state index < -0.39 is 41.4 Å². The predicted octanol–water partition coefficient (Wildman–Crippen LogP) is 5.25. The van der Waals surface area contributed by atoms with Gasteiger partial charge in [0.15, 0.2) is 5.54 Å². The molecule has 0 aliphatic heterocycles. The molecule has 4 N–H and O–H groups in total. The Morgan fingerprint density at radius 2 is 1.34 bits per heavy atom. The first-order valence-electron chi connectivity index (χ1n) is 14.9. The summed E-state index contributed by atoms with van der Waals surface area (Å²) in [5, 5.41) is 26.0. The van der Waals surface area contributed by atoms with Gasteiger partial charge in [-0.15, -0.1) is 0 Å². The monoisotopic (exact) mass is 601 g/mol. The fourth-order valence-electron chi connectivity index (χ4n) is 5.31. The normalized spacial score (nSPS) is 13.8. The van der Waals surface area contributed by atoms with Gasteiger partial charge in [-0.05, 0) is 47.9 Å². The van der Waals surface area contributed by atoms with Gasteiger partial charge in [-0.2, -0.15) is 0 Å². The van der Waals surface area contributed by atoms with E-state index in [0.29, 0.717) is 18.4 Å². The summed E-state index contributed by atoms with van der Waals surface area (Å²) in [7, 11) is 0. The van der Waals surface area contributed by atoms with Crippen LogP contribution in [0, 0.1) is 11.8 Å². The summed E-state index contributed by atoms with van der Waals surface area (Å²) in [6, 6.07) is 25.0. The molecule has 3 aromatic rings. The topological polar surface area (TPSA) is 136 Å². The average molecular weight is 602 g/mol. The minimum absolute atomic E-state index is 0.0122. The fourth-order valence-corrected chi connectivity index (χ4v) is 5.31. The quantitative estimate of drug-likeness (QED) is 0.188. The summed E-state index contributed by atoms with van der Waals surface area (Å²) in [5.41, 5.74) is 1.67. The van der Waals surface area contributed by atoms with Crippen LogP contribution in [0.1, 0.15) is 45.2 Å². The minimum atomic E-state index is -1.92. The van der Waals surface area contributed by atoms with Crippen LogP contribution in [0.3, 0.4) is 0 Å². The molecule has 0 aromatic heterocycles. The maximum Gasteiger partial charge on any atom is 0.331 e. The van der Waals surface area contributed by atoms with Crippen LogP contribution in [-0.2, 0) is 27.2 Å². The van der Waals surface area contributed by atoms with Crippen molar-refractivity contribution < 1.29 is 29.4 Å². The van der Waals surface area contributed by atoms with Gasteiger partial charge in [0.1, 0.15) is 0 Å². The van der Waals surface area contributed by atoms with Gasteiger partial charge >= 0.3 is 18.0 Å². The van der Waals surface area contributed by atoms with Gasteiger partial charge in [-0.1, -0.05) is 98.8 Å². The van der Waals surface area contributed by atoms with Gasteiger partial charge < -0.3 is 25.7 Å². The molecule has 0 radical (unpaired) electrons. The number of carbonyl (C=O) groups is 4. The number of aryl methyl sites for hydroxylation is 1. The van der Waals surface area contributed by atoms with E-state index in [1.807, 2.05) is 98.8 Å². The molecule has 3 rings (SSSR count). The molecule has 0 heterocycles. The Morgan fingerprint density at radius 1 is 0.773 bits per heavy atom. The van der Waals surface area contributed by atoms with Crippen molar-refractivity contribution in [2.24, 2.45) is 11.8 Å². The lowest BCUT2D eigenvalue weighted by Gasteiger charge is -2.39. The molecule has 234 valence electrons. The molecule has 44 heavy (non-hydrogen) atoms. The highest BCUT2D eigenvalue weighted by Crippen LogP contribution is 2.24. The van der Waals surface area contributed by atoms with Gasteiger partial charge in [0.05, 0.1) is 12.0 Å². The molecular formula is C35H43N3O6. The van der Waals surface area contributed by atoms with Gasteiger partial charge in [-0.3, -0.25) is 9.59 Å². The second kappa shape index (κ2) is 15.7. The van der Waals surface area contributed by atoms with Crippen LogP contribution in [0.2, 0.25) is 0 Å². The predicted molar refractivity (Wildman–Crippen MR) is 170 cm³/mol. The maximum absolute atomic E-state index is 13.9. The van der Waals surface area contributed by atoms with Gasteiger partial charge in [0, 0.05) is 26.4 Å². The molecule has 0 aliphatic rings. The summed E-state index contributed by atoms with van der Waals surface area (Å²) in [5.74, 6) is -3.67. The van der Waals surface area contributed by atoms with Crippen LogP contribution in [0.15, 0.2) is 84.9 Å². The van der Waals surface area contributed by atoms with E-state index in [0.717, 1.165) is 16.7 Å². The number of urea groups is 1. The highest BCUT2D eigenvalue weighted by atomic mass is 16.4. The highest BCUT2D eigenvalue weighted by molar-refractivity contribution is 5.89. The number of benzene rings is 3. The molecule has 0 saturated carbocycles. The zero-order chi connectivity index (χ0) is 32.3. The highest BCUT2D eigenvalue weighted by Gasteiger charge is 2.47. The molecule has 9 heteroatoms. The van der Waals surface area contributed by atoms with Gasteiger partial charge in [0.2, 0.25) is 5.91 Å². The zero-order valence-corrected chi connectivity index (χ0v) is 25.8. The molecule has 0 spiro atoms. The minimum Gasteiger partial charge on any atom is -0.481 e. The number of hydrogen-bond donors (Lipinski definition) is 4. The lowest BCUT2D eigenvalue weighted by molar-refractivity contribution is -0.146. The Morgan fingerprint density at radius 3 is 1.86 bits per heavy atom. The van der Waals surface area contributed by atoms with E-state index in [4.69, 9.17) is 0 Å². The Kier molecular flexibility index (Phi) is 12.1. The molecule has 3 atom stereocenters. The fraction of sp³-hybridized carbons (Fsp3) is 0.371. The van der Waals surface area contributed by atoms with E-state index in [-0.39, 0.29) is 25.4 Å². The molecule has 2 unspecified atom stereocenters. The van der Waals surface area contributed by atoms with Crippen molar-refractivity contribution in [2.75, 3.05) is 13.1 Å². The molecule has 0 bridgehead atoms. The standard InChI is InChI=1S/C35H43N3O6/c1-24(2)22-38(23-31(32(40)41)20-15-27-11-7-5-8-12-27)34(44)37-35(33(42)43,25(3)36-26(4)39)21-28-16-18-30(19-17-28)29-13-9-6-10-14-29/h5-14,16-19,24-25,31H,15,20-23H2,1-4H3,(H,36,39)(H,37,44)(H,40,41)(H,42,43)/t25?,31?,35-/m0/s1. The van der Waals surface area contributed by atoms with Crippen molar-refractivity contribution in [3.63, 3.8) is 0 Å². The van der Waals surface area contributed by atoms with Crippen LogP contribution < -0.4 is 10.6 Å². The molecule has 0 fully saturated rings. The van der Waals surface area contributed by atoms with Crippen LogP contribution in [0.25, 0.3) is 11.1 Å². The third kappa shape index (κ3) is 9.42. The summed E-state index contributed by atoms with van der Waals surface area (Å²) in [6.07, 6.45) is 0.713. The summed E-state index contributed by atoms with van der Waals surface area (Å²) < 4.78 is 0. The second-order valence-electron chi connectivity index (χ2n) is 11.7. The molecular weight excluding hydrogens is 558 g/mol. The van der Waals surface area contributed by atoms with Crippen molar-refractivity contribution in [2.45, 2.75) is 58.5 Å². The smallest absolute Gasteiger partial charge is 0.331 e. The number of rotatable bonds is 15. The molecule has 3 amide bonds. The average Bonchev–Trinajstić information content (AvgIpc) is 2.98. The number of hydrogen-bond acceptors (Lipinski definition) is 4. The van der Waals surface area contributed by atoms with E-state index in [1.54, 1.807) is 6.92 Å². The second-order valence-corrected chi connectivity index (χ2v) is 11.7. The van der Waals surface area contributed by atoms with Crippen molar-refractivity contribution in [1.29, 1.82) is 0 Å². The third-order valence-electron chi connectivity index (χ3n) is 7.70. The van der Waals surface area contributed by atoms with Crippen LogP contribution in [0.4, 0.5) is 4.79 Å². The van der Waals surface area contributed by atoms with Crippen LogP contribution in [0.5, 0.6) is 0 Å². The lowest BCUT2D eigenvalue weighted by atomic mass is 9.83. The van der Waals surface area contributed by atoms with E-state index in [1.165, 1.54) is 11.8 Å². The molecule has 0 aliphatic carbocycles. The SMILES string of the molecule is CC(=O)NC(C)[C@](Cc1ccc(-c2ccccc2)cc1)(NC(=O)N(CC(C)C)CC(CCc1ccccc1)C(=O)O)C(=O)O. The number of carboxylic acids is 2. The van der Waals surface area contributed by atoms with Gasteiger partial charge in [0.25, 0.3) is 0 Å². The molecule has 3 aromatic carbocycles. The number of nitrogens with zero attached hydrogens (tertiary/aromatic N) is 1. The number of carboxylic acid groups (broad SMARTS) is 2. The first-order chi connectivity index (χ1) is 20.9. The van der Waals surface area contributed by atoms with Crippen LogP contribution in [-0.4, -0.2) is 63.7 Å². The summed E-state index contributed by atoms with van der Waals surface area (Å²) >= 11 is 0. The van der Waals surface area contributed by atoms with Gasteiger partial charge in [-0.25, -0.2) is 9.59 Å². The van der Waals surface area contributed by atoms with Crippen molar-refractivity contribution in [3.05, 3.63) is 96.1 Å². The number of aliphatic carboxylic acids is 2. The Bertz CT molecular complexity index is 1390. The number of nitrogens with one attached hydrogen (secondary N) is 2. The largest absolute Gasteiger partial charge is 0.481 e. The van der Waals surface area contributed by atoms with Crippen molar-refractivity contribution in [1.82, 2.24) is 15.5 Å². The van der Waals surface area contributed by atoms with Crippen molar-refractivity contribution >= 4 is 23.9 Å². The van der Waals surface area contributed by atoms with E-state index in [9.17, 15) is 29.4 Å². The first kappa shape index (κ1) is 33.8. The summed E-state index contributed by atoms with van der Waals surface area (Å²) in [4.78, 5) is 52.6. The Hall–Kier alpha value is -4.66. The number of carbonyl (C=O) groups excluding carboxylic acids is 2. The number of amides is 3. The van der Waals surface area contributed by atoms with Crippen molar-refractivity contribution in [3.8, 4) is 11.1 Å². The Balaban J connectivity index is 1.90. The van der Waals surface area contributed by atoms with Crippen LogP contribution >= 0.6 is 0 Å². The lowest BCUT2D eigenvalue weighted by Crippen LogP contribution is -2.68. The summed E-state index contributed by atoms with van der Waals surface area (Å²) in [6.45, 7) is 6.76. The van der Waals surface area contributed by atoms with E-state index in [2.05, 4.69) is 10.6 Å². The zero-order valence-electron chi connectivity index (χ0n) is 25.8.